The summed E-state index contributed by atoms with van der Waals surface area (Å²) in [6.45, 7) is 2.03. The van der Waals surface area contributed by atoms with E-state index in [1.807, 2.05) is 6.07 Å². The lowest BCUT2D eigenvalue weighted by molar-refractivity contribution is 0.0989. The number of nitrogens with zero attached hydrogens (tertiary/aromatic N) is 3. The van der Waals surface area contributed by atoms with Gasteiger partial charge in [-0.3, -0.25) is 9.69 Å². The Labute approximate surface area is 121 Å². The highest BCUT2D eigenvalue weighted by molar-refractivity contribution is 5.88. The van der Waals surface area contributed by atoms with Crippen molar-refractivity contribution in [1.29, 1.82) is 0 Å². The van der Waals surface area contributed by atoms with Gasteiger partial charge in [-0.1, -0.05) is 12.1 Å². The van der Waals surface area contributed by atoms with E-state index in [1.54, 1.807) is 6.07 Å². The van der Waals surface area contributed by atoms with Gasteiger partial charge in [0.05, 0.1) is 11.9 Å². The summed E-state index contributed by atoms with van der Waals surface area (Å²) < 4.78 is 13.2. The molecule has 6 heteroatoms. The molecule has 0 fully saturated rings. The highest BCUT2D eigenvalue weighted by atomic mass is 19.1. The third-order valence-electron chi connectivity index (χ3n) is 3.45. The summed E-state index contributed by atoms with van der Waals surface area (Å²) in [4.78, 5) is 21.3. The van der Waals surface area contributed by atoms with Crippen molar-refractivity contribution in [3.8, 4) is 0 Å². The molecule has 1 aromatic heterocycles. The fourth-order valence-electron chi connectivity index (χ4n) is 2.44. The third-order valence-corrected chi connectivity index (χ3v) is 3.45. The first-order valence-corrected chi connectivity index (χ1v) is 6.66. The van der Waals surface area contributed by atoms with Crippen LogP contribution < -0.4 is 5.73 Å². The zero-order valence-corrected chi connectivity index (χ0v) is 11.3. The van der Waals surface area contributed by atoms with Crippen LogP contribution in [0, 0.1) is 12.0 Å². The number of halogens is 1. The number of hydrogen-bond acceptors (Lipinski definition) is 4. The molecule has 0 aliphatic carbocycles. The molecular weight excluding hydrogens is 271 g/mol. The first-order valence-electron chi connectivity index (χ1n) is 6.66. The van der Waals surface area contributed by atoms with E-state index in [4.69, 9.17) is 5.73 Å². The lowest BCUT2D eigenvalue weighted by Gasteiger charge is -2.27. The van der Waals surface area contributed by atoms with Crippen LogP contribution in [0.4, 0.5) is 4.39 Å². The molecule has 1 radical (unpaired) electrons. The summed E-state index contributed by atoms with van der Waals surface area (Å²) in [6, 6.07) is 6.54. The number of hydrogen-bond donors (Lipinski definition) is 1. The Morgan fingerprint density at radius 1 is 1.48 bits per heavy atom. The number of amides is 1. The van der Waals surface area contributed by atoms with Crippen LogP contribution in [-0.4, -0.2) is 27.3 Å². The van der Waals surface area contributed by atoms with Crippen LogP contribution >= 0.6 is 0 Å². The summed E-state index contributed by atoms with van der Waals surface area (Å²) in [6.07, 6.45) is 3.59. The highest BCUT2D eigenvalue weighted by Gasteiger charge is 2.20. The van der Waals surface area contributed by atoms with Gasteiger partial charge in [0.2, 0.25) is 5.82 Å². The van der Waals surface area contributed by atoms with Gasteiger partial charge in [0.25, 0.3) is 5.91 Å². The van der Waals surface area contributed by atoms with Gasteiger partial charge in [-0.25, -0.2) is 14.4 Å². The van der Waals surface area contributed by atoms with Crippen molar-refractivity contribution < 1.29 is 9.18 Å². The SMILES string of the molecule is NC(=O)c1n[c]c2c(n1)CN(Cc1cccc(F)c1)CC2. The lowest BCUT2D eigenvalue weighted by Crippen LogP contribution is -2.32. The Morgan fingerprint density at radius 2 is 2.33 bits per heavy atom. The van der Waals surface area contributed by atoms with Crippen LogP contribution in [0.2, 0.25) is 0 Å². The molecule has 2 N–H and O–H groups in total. The van der Waals surface area contributed by atoms with Crippen LogP contribution in [0.25, 0.3) is 0 Å². The van der Waals surface area contributed by atoms with E-state index in [2.05, 4.69) is 21.1 Å². The molecule has 3 rings (SSSR count). The predicted molar refractivity (Wildman–Crippen MR) is 73.6 cm³/mol. The molecule has 0 atom stereocenters. The Balaban J connectivity index is 1.77. The second kappa shape index (κ2) is 5.57. The van der Waals surface area contributed by atoms with Gasteiger partial charge < -0.3 is 5.73 Å². The standard InChI is InChI=1S/C15H14FN4O/c16-12-3-1-2-10(6-12)8-20-5-4-11-7-18-15(14(17)21)19-13(11)9-20/h1-3,6H,4-5,8-9H2,(H2,17,21). The second-order valence-corrected chi connectivity index (χ2v) is 5.04. The summed E-state index contributed by atoms with van der Waals surface area (Å²) >= 11 is 0. The number of rotatable bonds is 3. The third kappa shape index (κ3) is 3.05. The van der Waals surface area contributed by atoms with Crippen LogP contribution in [0.5, 0.6) is 0 Å². The van der Waals surface area contributed by atoms with Gasteiger partial charge in [0.1, 0.15) is 5.82 Å². The topological polar surface area (TPSA) is 72.1 Å². The van der Waals surface area contributed by atoms with E-state index in [-0.39, 0.29) is 11.6 Å². The van der Waals surface area contributed by atoms with E-state index in [9.17, 15) is 9.18 Å². The number of fused-ring (bicyclic) bond motifs is 1. The van der Waals surface area contributed by atoms with Gasteiger partial charge in [-0.05, 0) is 24.1 Å². The Bertz CT molecular complexity index is 689. The maximum absolute atomic E-state index is 13.2. The molecule has 0 saturated heterocycles. The average molecular weight is 285 g/mol. The van der Waals surface area contributed by atoms with Crippen molar-refractivity contribution in [3.05, 3.63) is 58.9 Å². The van der Waals surface area contributed by atoms with Crippen molar-refractivity contribution in [1.82, 2.24) is 14.9 Å². The zero-order chi connectivity index (χ0) is 14.8. The Hall–Kier alpha value is -2.34. The molecule has 2 aromatic rings. The number of aromatic nitrogens is 2. The van der Waals surface area contributed by atoms with Gasteiger partial charge in [-0.2, -0.15) is 0 Å². The van der Waals surface area contributed by atoms with E-state index in [1.165, 1.54) is 12.1 Å². The van der Waals surface area contributed by atoms with E-state index in [0.717, 1.165) is 29.8 Å². The number of benzene rings is 1. The van der Waals surface area contributed by atoms with E-state index < -0.39 is 5.91 Å². The monoisotopic (exact) mass is 285 g/mol. The number of nitrogens with two attached hydrogens (primary N) is 1. The minimum absolute atomic E-state index is 0.0126. The minimum atomic E-state index is -0.656. The zero-order valence-electron chi connectivity index (χ0n) is 11.3. The molecule has 5 nitrogen and oxygen atoms in total. The Kier molecular flexibility index (Phi) is 3.62. The van der Waals surface area contributed by atoms with Gasteiger partial charge in [0, 0.05) is 25.2 Å². The molecule has 0 bridgehead atoms. The quantitative estimate of drug-likeness (QED) is 0.915. The van der Waals surface area contributed by atoms with Crippen LogP contribution in [0.3, 0.4) is 0 Å². The van der Waals surface area contributed by atoms with Crippen LogP contribution in [0.15, 0.2) is 24.3 Å². The lowest BCUT2D eigenvalue weighted by atomic mass is 10.1. The summed E-state index contributed by atoms with van der Waals surface area (Å²) in [7, 11) is 0. The second-order valence-electron chi connectivity index (χ2n) is 5.04. The molecule has 1 aliphatic heterocycles. The summed E-state index contributed by atoms with van der Waals surface area (Å²) in [5, 5.41) is 0. The number of primary amides is 1. The fraction of sp³-hybridized carbons (Fsp3) is 0.267. The molecule has 2 heterocycles. The first kappa shape index (κ1) is 13.6. The number of carbonyl (C=O) groups is 1. The van der Waals surface area contributed by atoms with Crippen molar-refractivity contribution in [2.75, 3.05) is 6.54 Å². The van der Waals surface area contributed by atoms with E-state index in [0.29, 0.717) is 13.1 Å². The molecule has 1 amide bonds. The van der Waals surface area contributed by atoms with Crippen LogP contribution in [0.1, 0.15) is 27.4 Å². The average Bonchev–Trinajstić information content (AvgIpc) is 2.46. The first-order chi connectivity index (χ1) is 10.1. The van der Waals surface area contributed by atoms with Crippen molar-refractivity contribution in [2.24, 2.45) is 5.73 Å². The molecule has 0 spiro atoms. The summed E-state index contributed by atoms with van der Waals surface area (Å²) in [5.74, 6) is -0.908. The van der Waals surface area contributed by atoms with Gasteiger partial charge in [-0.15, -0.1) is 0 Å². The molecule has 0 saturated carbocycles. The van der Waals surface area contributed by atoms with E-state index >= 15 is 0 Å². The fourth-order valence-corrected chi connectivity index (χ4v) is 2.44. The van der Waals surface area contributed by atoms with Crippen molar-refractivity contribution in [3.63, 3.8) is 0 Å². The van der Waals surface area contributed by atoms with Crippen molar-refractivity contribution in [2.45, 2.75) is 19.5 Å². The Morgan fingerprint density at radius 3 is 3.10 bits per heavy atom. The maximum Gasteiger partial charge on any atom is 0.286 e. The van der Waals surface area contributed by atoms with Gasteiger partial charge in [0.15, 0.2) is 0 Å². The maximum atomic E-state index is 13.2. The molecule has 1 aromatic carbocycles. The number of carbonyl (C=O) groups excluding carboxylic acids is 1. The normalized spacial score (nSPS) is 14.7. The molecule has 107 valence electrons. The van der Waals surface area contributed by atoms with Gasteiger partial charge >= 0.3 is 0 Å². The summed E-state index contributed by atoms with van der Waals surface area (Å²) in [5.41, 5.74) is 7.77. The molecular formula is C15H14FN4O. The molecule has 1 aliphatic rings. The minimum Gasteiger partial charge on any atom is -0.363 e. The van der Waals surface area contributed by atoms with Crippen LogP contribution in [-0.2, 0) is 19.5 Å². The molecule has 0 unspecified atom stereocenters. The highest BCUT2D eigenvalue weighted by Crippen LogP contribution is 2.18. The smallest absolute Gasteiger partial charge is 0.286 e. The molecule has 21 heavy (non-hydrogen) atoms. The predicted octanol–water partition coefficient (Wildman–Crippen LogP) is 1.07. The largest absolute Gasteiger partial charge is 0.363 e. The van der Waals surface area contributed by atoms with Crippen molar-refractivity contribution >= 4 is 5.91 Å².